The van der Waals surface area contributed by atoms with Gasteiger partial charge in [-0.1, -0.05) is 42.5 Å². The van der Waals surface area contributed by atoms with Crippen LogP contribution in [0.2, 0.25) is 0 Å². The molecule has 1 N–H and O–H groups in total. The standard InChI is InChI=1S/C25H34N4O2/c1-26-25(29-12-10-24(11-13-29)31-23-8-3-2-4-9-23)27-19-21-6-5-7-22(18-21)20-28-14-16-30-17-15-28/h2-9,18,24H,10-17,19-20H2,1H3,(H,26,27). The monoisotopic (exact) mass is 422 g/mol. The number of benzene rings is 2. The first-order chi connectivity index (χ1) is 15.3. The van der Waals surface area contributed by atoms with Gasteiger partial charge in [-0.25, -0.2) is 0 Å². The van der Waals surface area contributed by atoms with Crippen molar-refractivity contribution in [2.45, 2.75) is 32.0 Å². The molecule has 0 amide bonds. The van der Waals surface area contributed by atoms with E-state index < -0.39 is 0 Å². The Balaban J connectivity index is 1.25. The zero-order valence-corrected chi connectivity index (χ0v) is 18.5. The second kappa shape index (κ2) is 11.2. The van der Waals surface area contributed by atoms with E-state index >= 15 is 0 Å². The molecule has 2 fully saturated rings. The lowest BCUT2D eigenvalue weighted by Gasteiger charge is -2.34. The van der Waals surface area contributed by atoms with Crippen LogP contribution in [0.15, 0.2) is 59.6 Å². The highest BCUT2D eigenvalue weighted by Gasteiger charge is 2.22. The van der Waals surface area contributed by atoms with E-state index in [1.807, 2.05) is 37.4 Å². The molecule has 31 heavy (non-hydrogen) atoms. The van der Waals surface area contributed by atoms with Gasteiger partial charge in [0, 0.05) is 59.2 Å². The molecule has 2 saturated heterocycles. The fourth-order valence-electron chi connectivity index (χ4n) is 4.25. The maximum absolute atomic E-state index is 6.12. The number of guanidine groups is 1. The minimum absolute atomic E-state index is 0.272. The van der Waals surface area contributed by atoms with E-state index in [1.54, 1.807) is 0 Å². The third kappa shape index (κ3) is 6.45. The fraction of sp³-hybridized carbons (Fsp3) is 0.480. The van der Waals surface area contributed by atoms with Crippen molar-refractivity contribution in [3.8, 4) is 5.75 Å². The summed E-state index contributed by atoms with van der Waals surface area (Å²) in [5.41, 5.74) is 2.64. The first kappa shape index (κ1) is 21.7. The highest BCUT2D eigenvalue weighted by Crippen LogP contribution is 2.19. The van der Waals surface area contributed by atoms with Gasteiger partial charge in [0.2, 0.25) is 0 Å². The van der Waals surface area contributed by atoms with Crippen molar-refractivity contribution in [1.29, 1.82) is 0 Å². The molecule has 0 bridgehead atoms. The van der Waals surface area contributed by atoms with Gasteiger partial charge in [-0.3, -0.25) is 9.89 Å². The Morgan fingerprint density at radius 3 is 2.48 bits per heavy atom. The van der Waals surface area contributed by atoms with Crippen LogP contribution in [0.5, 0.6) is 5.75 Å². The highest BCUT2D eigenvalue weighted by molar-refractivity contribution is 5.80. The largest absolute Gasteiger partial charge is 0.490 e. The zero-order valence-electron chi connectivity index (χ0n) is 18.5. The Kier molecular flexibility index (Phi) is 7.80. The van der Waals surface area contributed by atoms with Gasteiger partial charge in [0.05, 0.1) is 13.2 Å². The zero-order chi connectivity index (χ0) is 21.3. The maximum Gasteiger partial charge on any atom is 0.193 e. The summed E-state index contributed by atoms with van der Waals surface area (Å²) in [6, 6.07) is 19.0. The maximum atomic E-state index is 6.12. The van der Waals surface area contributed by atoms with Gasteiger partial charge in [0.1, 0.15) is 11.9 Å². The van der Waals surface area contributed by atoms with Gasteiger partial charge in [-0.05, 0) is 23.3 Å². The minimum atomic E-state index is 0.272. The average Bonchev–Trinajstić information content (AvgIpc) is 2.82. The number of aliphatic imine (C=N–C) groups is 1. The predicted octanol–water partition coefficient (Wildman–Crippen LogP) is 3.14. The molecule has 0 aromatic heterocycles. The Morgan fingerprint density at radius 2 is 1.74 bits per heavy atom. The van der Waals surface area contributed by atoms with Crippen molar-refractivity contribution in [2.24, 2.45) is 4.99 Å². The second-order valence-corrected chi connectivity index (χ2v) is 8.23. The summed E-state index contributed by atoms with van der Waals surface area (Å²) in [6.07, 6.45) is 2.28. The minimum Gasteiger partial charge on any atom is -0.490 e. The van der Waals surface area contributed by atoms with E-state index in [4.69, 9.17) is 9.47 Å². The Hall–Kier alpha value is -2.57. The molecular weight excluding hydrogens is 388 g/mol. The van der Waals surface area contributed by atoms with Gasteiger partial charge in [0.25, 0.3) is 0 Å². The van der Waals surface area contributed by atoms with Crippen LogP contribution in [0.1, 0.15) is 24.0 Å². The molecule has 6 heteroatoms. The molecule has 2 aliphatic heterocycles. The SMILES string of the molecule is CN=C(NCc1cccc(CN2CCOCC2)c1)N1CCC(Oc2ccccc2)CC1. The van der Waals surface area contributed by atoms with Crippen LogP contribution in [0.4, 0.5) is 0 Å². The van der Waals surface area contributed by atoms with Gasteiger partial charge in [0.15, 0.2) is 5.96 Å². The lowest BCUT2D eigenvalue weighted by Crippen LogP contribution is -2.47. The number of nitrogens with one attached hydrogen (secondary N) is 1. The lowest BCUT2D eigenvalue weighted by atomic mass is 10.1. The van der Waals surface area contributed by atoms with E-state index in [-0.39, 0.29) is 6.10 Å². The van der Waals surface area contributed by atoms with E-state index in [0.29, 0.717) is 0 Å². The molecule has 0 unspecified atom stereocenters. The van der Waals surface area contributed by atoms with Gasteiger partial charge >= 0.3 is 0 Å². The predicted molar refractivity (Wildman–Crippen MR) is 124 cm³/mol. The van der Waals surface area contributed by atoms with E-state index in [2.05, 4.69) is 44.4 Å². The molecule has 2 aromatic rings. The summed E-state index contributed by atoms with van der Waals surface area (Å²) >= 11 is 0. The molecule has 0 atom stereocenters. The van der Waals surface area contributed by atoms with Crippen molar-refractivity contribution < 1.29 is 9.47 Å². The first-order valence-corrected chi connectivity index (χ1v) is 11.4. The van der Waals surface area contributed by atoms with Crippen molar-refractivity contribution >= 4 is 5.96 Å². The number of hydrogen-bond acceptors (Lipinski definition) is 4. The highest BCUT2D eigenvalue weighted by atomic mass is 16.5. The van der Waals surface area contributed by atoms with Crippen LogP contribution >= 0.6 is 0 Å². The second-order valence-electron chi connectivity index (χ2n) is 8.23. The summed E-state index contributed by atoms with van der Waals surface area (Å²) in [6.45, 7) is 7.38. The van der Waals surface area contributed by atoms with E-state index in [1.165, 1.54) is 11.1 Å². The van der Waals surface area contributed by atoms with Crippen LogP contribution in [0.25, 0.3) is 0 Å². The normalized spacial score (nSPS) is 18.7. The number of likely N-dealkylation sites (tertiary alicyclic amines) is 1. The van der Waals surface area contributed by atoms with E-state index in [0.717, 1.165) is 77.0 Å². The quantitative estimate of drug-likeness (QED) is 0.573. The number of rotatable bonds is 6. The fourth-order valence-corrected chi connectivity index (χ4v) is 4.25. The summed E-state index contributed by atoms with van der Waals surface area (Å²) in [5.74, 6) is 1.93. The molecule has 2 heterocycles. The van der Waals surface area contributed by atoms with E-state index in [9.17, 15) is 0 Å². The third-order valence-electron chi connectivity index (χ3n) is 5.95. The van der Waals surface area contributed by atoms with Crippen LogP contribution < -0.4 is 10.1 Å². The molecule has 0 saturated carbocycles. The molecule has 0 aliphatic carbocycles. The summed E-state index contributed by atoms with van der Waals surface area (Å²) < 4.78 is 11.6. The molecule has 0 spiro atoms. The summed E-state index contributed by atoms with van der Waals surface area (Å²) in [5, 5.41) is 3.55. The number of ether oxygens (including phenoxy) is 2. The number of para-hydroxylation sites is 1. The van der Waals surface area contributed by atoms with Crippen molar-refractivity contribution in [1.82, 2.24) is 15.1 Å². The molecular formula is C25H34N4O2. The molecule has 2 aliphatic rings. The van der Waals surface area contributed by atoms with Gasteiger partial charge in [-0.2, -0.15) is 0 Å². The lowest BCUT2D eigenvalue weighted by molar-refractivity contribution is 0.0342. The van der Waals surface area contributed by atoms with Crippen molar-refractivity contribution in [2.75, 3.05) is 46.4 Å². The Bertz CT molecular complexity index is 828. The number of piperidine rings is 1. The van der Waals surface area contributed by atoms with Gasteiger partial charge < -0.3 is 19.7 Å². The number of morpholine rings is 1. The topological polar surface area (TPSA) is 49.3 Å². The molecule has 0 radical (unpaired) electrons. The van der Waals surface area contributed by atoms with Crippen molar-refractivity contribution in [3.63, 3.8) is 0 Å². The number of hydrogen-bond donors (Lipinski definition) is 1. The number of nitrogens with zero attached hydrogens (tertiary/aromatic N) is 3. The third-order valence-corrected chi connectivity index (χ3v) is 5.95. The van der Waals surface area contributed by atoms with Crippen LogP contribution in [-0.4, -0.2) is 68.3 Å². The Labute approximate surface area is 185 Å². The summed E-state index contributed by atoms with van der Waals surface area (Å²) in [4.78, 5) is 9.31. The average molecular weight is 423 g/mol. The van der Waals surface area contributed by atoms with Gasteiger partial charge in [-0.15, -0.1) is 0 Å². The van der Waals surface area contributed by atoms with Crippen LogP contribution in [-0.2, 0) is 17.8 Å². The van der Waals surface area contributed by atoms with Crippen LogP contribution in [0.3, 0.4) is 0 Å². The molecule has 166 valence electrons. The van der Waals surface area contributed by atoms with Crippen molar-refractivity contribution in [3.05, 3.63) is 65.7 Å². The summed E-state index contributed by atoms with van der Waals surface area (Å²) in [7, 11) is 1.86. The Morgan fingerprint density at radius 1 is 1.00 bits per heavy atom. The molecule has 4 rings (SSSR count). The molecule has 2 aromatic carbocycles. The first-order valence-electron chi connectivity index (χ1n) is 11.4. The smallest absolute Gasteiger partial charge is 0.193 e. The molecule has 6 nitrogen and oxygen atoms in total. The van der Waals surface area contributed by atoms with Crippen LogP contribution in [0, 0.1) is 0 Å².